The number of phenols is 1. The summed E-state index contributed by atoms with van der Waals surface area (Å²) in [5.41, 5.74) is 4.00. The number of aromatic nitrogens is 2. The van der Waals surface area contributed by atoms with Crippen molar-refractivity contribution in [1.82, 2.24) is 9.78 Å². The van der Waals surface area contributed by atoms with Crippen LogP contribution < -0.4 is 4.74 Å². The Labute approximate surface area is 161 Å². The van der Waals surface area contributed by atoms with Crippen LogP contribution in [-0.4, -0.2) is 27.3 Å². The predicted octanol–water partition coefficient (Wildman–Crippen LogP) is 4.77. The molecule has 1 aliphatic carbocycles. The van der Waals surface area contributed by atoms with Gasteiger partial charge in [0.1, 0.15) is 11.3 Å². The third kappa shape index (κ3) is 3.60. The molecular weight excluding hydrogens is 340 g/mol. The third-order valence-corrected chi connectivity index (χ3v) is 5.55. The van der Waals surface area contributed by atoms with E-state index in [0.29, 0.717) is 30.2 Å². The van der Waals surface area contributed by atoms with Crippen LogP contribution >= 0.6 is 0 Å². The fourth-order valence-electron chi connectivity index (χ4n) is 4.00. The second kappa shape index (κ2) is 8.15. The molecule has 146 valence electrons. The molecule has 27 heavy (non-hydrogen) atoms. The number of rotatable bonds is 7. The molecule has 1 aliphatic rings. The van der Waals surface area contributed by atoms with Crippen LogP contribution in [-0.2, 0) is 13.0 Å². The quantitative estimate of drug-likeness (QED) is 0.563. The lowest BCUT2D eigenvalue weighted by atomic mass is 9.79. The van der Waals surface area contributed by atoms with Crippen molar-refractivity contribution >= 4 is 5.78 Å². The van der Waals surface area contributed by atoms with Gasteiger partial charge in [-0.25, -0.2) is 4.68 Å². The maximum atomic E-state index is 13.3. The zero-order valence-corrected chi connectivity index (χ0v) is 16.8. The Kier molecular flexibility index (Phi) is 5.88. The lowest BCUT2D eigenvalue weighted by Crippen LogP contribution is -2.13. The first kappa shape index (κ1) is 19.5. The molecule has 0 amide bonds. The van der Waals surface area contributed by atoms with Gasteiger partial charge >= 0.3 is 0 Å². The Hall–Kier alpha value is -2.30. The van der Waals surface area contributed by atoms with Gasteiger partial charge in [-0.3, -0.25) is 4.79 Å². The highest BCUT2D eigenvalue weighted by Crippen LogP contribution is 2.42. The number of carbonyl (C=O) groups excluding carboxylic acids is 1. The van der Waals surface area contributed by atoms with Crippen molar-refractivity contribution in [3.05, 3.63) is 40.1 Å². The molecule has 1 aromatic carbocycles. The van der Waals surface area contributed by atoms with Gasteiger partial charge in [0.2, 0.25) is 11.7 Å². The zero-order chi connectivity index (χ0) is 19.6. The summed E-state index contributed by atoms with van der Waals surface area (Å²) in [7, 11) is 0. The highest BCUT2D eigenvalue weighted by molar-refractivity contribution is 6.12. The van der Waals surface area contributed by atoms with Crippen molar-refractivity contribution in [2.45, 2.75) is 72.3 Å². The molecular formula is C22H30N2O3. The number of unbranched alkanes of at least 4 members (excludes halogenated alkanes) is 1. The second-order valence-corrected chi connectivity index (χ2v) is 7.49. The second-order valence-electron chi connectivity index (χ2n) is 7.49. The molecule has 3 rings (SSSR count). The first-order valence-corrected chi connectivity index (χ1v) is 10.1. The van der Waals surface area contributed by atoms with E-state index in [-0.39, 0.29) is 17.5 Å². The summed E-state index contributed by atoms with van der Waals surface area (Å²) in [6.45, 7) is 9.40. The van der Waals surface area contributed by atoms with Gasteiger partial charge in [0.15, 0.2) is 0 Å². The van der Waals surface area contributed by atoms with E-state index in [4.69, 9.17) is 4.74 Å². The number of benzene rings is 1. The van der Waals surface area contributed by atoms with E-state index < -0.39 is 0 Å². The van der Waals surface area contributed by atoms with Gasteiger partial charge < -0.3 is 9.84 Å². The minimum absolute atomic E-state index is 0.136. The molecule has 0 radical (unpaired) electrons. The van der Waals surface area contributed by atoms with Crippen molar-refractivity contribution in [3.8, 4) is 11.6 Å². The molecule has 0 saturated carbocycles. The standard InChI is InChI=1S/C22H30N2O3/c1-5-7-11-27-22-18(13-23-24(22)6-2)20(25)17-12-15(4)16-10-8-9-14(3)19(16)21(17)26/h12-14,26H,5-11H2,1-4H3. The number of aryl methyl sites for hydroxylation is 2. The Morgan fingerprint density at radius 1 is 1.37 bits per heavy atom. The predicted molar refractivity (Wildman–Crippen MR) is 106 cm³/mol. The fourth-order valence-corrected chi connectivity index (χ4v) is 4.00. The topological polar surface area (TPSA) is 64.3 Å². The van der Waals surface area contributed by atoms with Crippen LogP contribution in [0.15, 0.2) is 12.3 Å². The van der Waals surface area contributed by atoms with Gasteiger partial charge in [-0.15, -0.1) is 0 Å². The average Bonchev–Trinajstić information content (AvgIpc) is 3.07. The van der Waals surface area contributed by atoms with Crippen molar-refractivity contribution in [1.29, 1.82) is 0 Å². The Bertz CT molecular complexity index is 839. The van der Waals surface area contributed by atoms with Crippen LogP contribution in [0.4, 0.5) is 0 Å². The summed E-state index contributed by atoms with van der Waals surface area (Å²) in [5, 5.41) is 15.2. The zero-order valence-electron chi connectivity index (χ0n) is 16.8. The molecule has 0 saturated heterocycles. The number of hydrogen-bond donors (Lipinski definition) is 1. The number of phenolic OH excluding ortho intramolecular Hbond substituents is 1. The summed E-state index contributed by atoms with van der Waals surface area (Å²) in [4.78, 5) is 13.3. The van der Waals surface area contributed by atoms with Gasteiger partial charge in [-0.1, -0.05) is 20.3 Å². The number of fused-ring (bicyclic) bond motifs is 1. The number of nitrogens with zero attached hydrogens (tertiary/aromatic N) is 2. The van der Waals surface area contributed by atoms with Gasteiger partial charge in [0.25, 0.3) is 0 Å². The van der Waals surface area contributed by atoms with Crippen LogP contribution in [0.5, 0.6) is 11.6 Å². The molecule has 0 fully saturated rings. The number of carbonyl (C=O) groups is 1. The molecule has 1 heterocycles. The SMILES string of the molecule is CCCCOc1c(C(=O)c2cc(C)c3c(c2O)C(C)CCC3)cnn1CC. The van der Waals surface area contributed by atoms with E-state index in [2.05, 4.69) is 18.9 Å². The molecule has 0 aliphatic heterocycles. The van der Waals surface area contributed by atoms with Gasteiger partial charge in [-0.2, -0.15) is 5.10 Å². The maximum absolute atomic E-state index is 13.3. The first-order valence-electron chi connectivity index (χ1n) is 10.1. The highest BCUT2D eigenvalue weighted by atomic mass is 16.5. The molecule has 1 atom stereocenters. The average molecular weight is 370 g/mol. The van der Waals surface area contributed by atoms with E-state index in [1.807, 2.05) is 19.9 Å². The summed E-state index contributed by atoms with van der Waals surface area (Å²) in [5.74, 6) is 0.677. The number of ether oxygens (including phenoxy) is 1. The molecule has 2 aromatic rings. The van der Waals surface area contributed by atoms with Gasteiger partial charge in [0.05, 0.1) is 18.4 Å². The van der Waals surface area contributed by atoms with Crippen LogP contribution in [0.1, 0.15) is 85.0 Å². The molecule has 0 spiro atoms. The summed E-state index contributed by atoms with van der Waals surface area (Å²) in [6.07, 6.45) is 6.63. The van der Waals surface area contributed by atoms with Crippen LogP contribution in [0.2, 0.25) is 0 Å². The molecule has 5 heteroatoms. The lowest BCUT2D eigenvalue weighted by Gasteiger charge is -2.26. The smallest absolute Gasteiger partial charge is 0.223 e. The van der Waals surface area contributed by atoms with E-state index in [0.717, 1.165) is 43.2 Å². The van der Waals surface area contributed by atoms with Gasteiger partial charge in [-0.05, 0) is 62.6 Å². The summed E-state index contributed by atoms with van der Waals surface area (Å²) < 4.78 is 7.59. The van der Waals surface area contributed by atoms with E-state index >= 15 is 0 Å². The molecule has 0 bridgehead atoms. The normalized spacial score (nSPS) is 16.2. The van der Waals surface area contributed by atoms with Gasteiger partial charge in [0, 0.05) is 12.1 Å². The Balaban J connectivity index is 2.03. The monoisotopic (exact) mass is 370 g/mol. The largest absolute Gasteiger partial charge is 0.507 e. The highest BCUT2D eigenvalue weighted by Gasteiger charge is 2.29. The summed E-state index contributed by atoms with van der Waals surface area (Å²) in [6, 6.07) is 1.83. The molecule has 1 unspecified atom stereocenters. The van der Waals surface area contributed by atoms with Crippen molar-refractivity contribution < 1.29 is 14.6 Å². The van der Waals surface area contributed by atoms with Crippen LogP contribution in [0.3, 0.4) is 0 Å². The van der Waals surface area contributed by atoms with E-state index in [1.54, 1.807) is 10.9 Å². The summed E-state index contributed by atoms with van der Waals surface area (Å²) >= 11 is 0. The first-order chi connectivity index (χ1) is 13.0. The van der Waals surface area contributed by atoms with Crippen LogP contribution in [0, 0.1) is 6.92 Å². The van der Waals surface area contributed by atoms with E-state index in [1.165, 1.54) is 5.56 Å². The maximum Gasteiger partial charge on any atom is 0.223 e. The van der Waals surface area contributed by atoms with E-state index in [9.17, 15) is 9.90 Å². The Morgan fingerprint density at radius 3 is 2.85 bits per heavy atom. The number of hydrogen-bond acceptors (Lipinski definition) is 4. The third-order valence-electron chi connectivity index (χ3n) is 5.55. The van der Waals surface area contributed by atoms with Crippen molar-refractivity contribution in [3.63, 3.8) is 0 Å². The van der Waals surface area contributed by atoms with Crippen LogP contribution in [0.25, 0.3) is 0 Å². The lowest BCUT2D eigenvalue weighted by molar-refractivity contribution is 0.103. The number of aromatic hydroxyl groups is 1. The van der Waals surface area contributed by atoms with Crippen molar-refractivity contribution in [2.24, 2.45) is 0 Å². The minimum Gasteiger partial charge on any atom is -0.507 e. The molecule has 5 nitrogen and oxygen atoms in total. The van der Waals surface area contributed by atoms with Crippen molar-refractivity contribution in [2.75, 3.05) is 6.61 Å². The Morgan fingerprint density at radius 2 is 2.15 bits per heavy atom. The minimum atomic E-state index is -0.220. The fraction of sp³-hybridized carbons (Fsp3) is 0.545. The molecule has 1 aromatic heterocycles. The molecule has 1 N–H and O–H groups in total. The number of ketones is 1.